The Labute approximate surface area is 107 Å². The van der Waals surface area contributed by atoms with Gasteiger partial charge in [0.1, 0.15) is 0 Å². The van der Waals surface area contributed by atoms with E-state index in [1.807, 2.05) is 31.2 Å². The molecule has 1 aromatic carbocycles. The van der Waals surface area contributed by atoms with Crippen LogP contribution in [0.5, 0.6) is 0 Å². The molecule has 1 N–H and O–H groups in total. The van der Waals surface area contributed by atoms with Crippen LogP contribution in [-0.2, 0) is 16.6 Å². The van der Waals surface area contributed by atoms with Crippen molar-refractivity contribution >= 4 is 15.8 Å². The Morgan fingerprint density at radius 2 is 2.00 bits per heavy atom. The molecule has 0 atom stereocenters. The molecule has 96 valence electrons. The number of rotatable bonds is 4. The Balaban J connectivity index is 2.14. The monoisotopic (exact) mass is 265 g/mol. The van der Waals surface area contributed by atoms with E-state index in [0.29, 0.717) is 12.4 Å². The van der Waals surface area contributed by atoms with Crippen molar-refractivity contribution in [3.63, 3.8) is 0 Å². The van der Waals surface area contributed by atoms with Crippen molar-refractivity contribution in [2.45, 2.75) is 13.5 Å². The van der Waals surface area contributed by atoms with Crippen molar-refractivity contribution in [1.82, 2.24) is 9.78 Å². The molecule has 1 aromatic heterocycles. The van der Waals surface area contributed by atoms with Crippen molar-refractivity contribution in [1.29, 1.82) is 0 Å². The maximum Gasteiger partial charge on any atom is 0.231 e. The number of anilines is 1. The summed E-state index contributed by atoms with van der Waals surface area (Å²) in [6, 6.07) is 9.66. The molecule has 18 heavy (non-hydrogen) atoms. The number of hydrogen-bond acceptors (Lipinski definition) is 3. The number of aryl methyl sites for hydroxylation is 1. The fourth-order valence-corrected chi connectivity index (χ4v) is 2.14. The molecule has 0 amide bonds. The van der Waals surface area contributed by atoms with E-state index in [1.54, 1.807) is 16.9 Å². The first-order valence-corrected chi connectivity index (χ1v) is 7.39. The topological polar surface area (TPSA) is 64.0 Å². The van der Waals surface area contributed by atoms with Gasteiger partial charge in [-0.2, -0.15) is 5.10 Å². The lowest BCUT2D eigenvalue weighted by molar-refractivity contribution is 0.606. The second-order valence-corrected chi connectivity index (χ2v) is 5.95. The highest BCUT2D eigenvalue weighted by molar-refractivity contribution is 7.92. The van der Waals surface area contributed by atoms with E-state index in [1.165, 1.54) is 5.56 Å². The number of benzene rings is 1. The van der Waals surface area contributed by atoms with Gasteiger partial charge in [-0.25, -0.2) is 8.42 Å². The average Bonchev–Trinajstić information content (AvgIpc) is 2.66. The summed E-state index contributed by atoms with van der Waals surface area (Å²) in [5.74, 6) is 0.339. The lowest BCUT2D eigenvalue weighted by Gasteiger charge is -2.05. The molecular weight excluding hydrogens is 250 g/mol. The van der Waals surface area contributed by atoms with Crippen molar-refractivity contribution in [2.75, 3.05) is 11.0 Å². The summed E-state index contributed by atoms with van der Waals surface area (Å²) in [5, 5.41) is 4.16. The Hall–Kier alpha value is -1.82. The summed E-state index contributed by atoms with van der Waals surface area (Å²) in [6.45, 7) is 2.66. The van der Waals surface area contributed by atoms with Crippen LogP contribution >= 0.6 is 0 Å². The molecule has 1 heterocycles. The number of aromatic nitrogens is 2. The zero-order valence-electron chi connectivity index (χ0n) is 10.3. The third kappa shape index (κ3) is 3.33. The van der Waals surface area contributed by atoms with Gasteiger partial charge < -0.3 is 0 Å². The highest BCUT2D eigenvalue weighted by atomic mass is 32.2. The molecule has 0 unspecified atom stereocenters. The third-order valence-corrected chi connectivity index (χ3v) is 3.10. The molecule has 0 spiro atoms. The summed E-state index contributed by atoms with van der Waals surface area (Å²) < 4.78 is 26.2. The standard InChI is InChI=1S/C12H15N3O2S/c1-10-5-3-4-6-11(10)9-15-8-7-12(13-15)14-18(2,16)17/h3-8H,9H2,1-2H3,(H,13,14). The van der Waals surface area contributed by atoms with Gasteiger partial charge in [-0.1, -0.05) is 24.3 Å². The average molecular weight is 265 g/mol. The Morgan fingerprint density at radius 3 is 2.67 bits per heavy atom. The van der Waals surface area contributed by atoms with Crippen molar-refractivity contribution < 1.29 is 8.42 Å². The molecular formula is C12H15N3O2S. The molecule has 6 heteroatoms. The zero-order valence-corrected chi connectivity index (χ0v) is 11.1. The van der Waals surface area contributed by atoms with Crippen molar-refractivity contribution in [3.05, 3.63) is 47.7 Å². The van der Waals surface area contributed by atoms with E-state index in [0.717, 1.165) is 11.8 Å². The Kier molecular flexibility index (Phi) is 3.38. The van der Waals surface area contributed by atoms with E-state index in [2.05, 4.69) is 9.82 Å². The summed E-state index contributed by atoms with van der Waals surface area (Å²) in [6.07, 6.45) is 2.85. The molecule has 0 aliphatic rings. The molecule has 0 aliphatic carbocycles. The molecule has 0 saturated carbocycles. The van der Waals surface area contributed by atoms with Crippen molar-refractivity contribution in [3.8, 4) is 0 Å². The fourth-order valence-electron chi connectivity index (χ4n) is 1.66. The minimum atomic E-state index is -3.27. The smallest absolute Gasteiger partial charge is 0.231 e. The third-order valence-electron chi connectivity index (χ3n) is 2.52. The van der Waals surface area contributed by atoms with Gasteiger partial charge in [-0.05, 0) is 18.1 Å². The maximum absolute atomic E-state index is 11.1. The highest BCUT2D eigenvalue weighted by Gasteiger charge is 2.05. The molecule has 5 nitrogen and oxygen atoms in total. The number of hydrogen-bond donors (Lipinski definition) is 1. The van der Waals surface area contributed by atoms with E-state index < -0.39 is 10.0 Å². The Morgan fingerprint density at radius 1 is 1.28 bits per heavy atom. The molecule has 0 radical (unpaired) electrons. The Bertz CT molecular complexity index is 647. The summed E-state index contributed by atoms with van der Waals surface area (Å²) in [4.78, 5) is 0. The molecule has 0 fully saturated rings. The lowest BCUT2D eigenvalue weighted by atomic mass is 10.1. The predicted octanol–water partition coefficient (Wildman–Crippen LogP) is 1.61. The van der Waals surface area contributed by atoms with Gasteiger partial charge in [0, 0.05) is 12.3 Å². The van der Waals surface area contributed by atoms with Gasteiger partial charge in [0.2, 0.25) is 10.0 Å². The van der Waals surface area contributed by atoms with Crippen LogP contribution in [0, 0.1) is 6.92 Å². The molecule has 0 saturated heterocycles. The second-order valence-electron chi connectivity index (χ2n) is 4.20. The summed E-state index contributed by atoms with van der Waals surface area (Å²) in [7, 11) is -3.27. The van der Waals surface area contributed by atoms with E-state index in [4.69, 9.17) is 0 Å². The van der Waals surface area contributed by atoms with E-state index in [9.17, 15) is 8.42 Å². The molecule has 0 bridgehead atoms. The van der Waals surface area contributed by atoms with E-state index in [-0.39, 0.29) is 0 Å². The van der Waals surface area contributed by atoms with Crippen LogP contribution < -0.4 is 4.72 Å². The van der Waals surface area contributed by atoms with Crippen LogP contribution in [0.1, 0.15) is 11.1 Å². The molecule has 0 aliphatic heterocycles. The van der Waals surface area contributed by atoms with Crippen LogP contribution in [0.3, 0.4) is 0 Å². The molecule has 2 rings (SSSR count). The van der Waals surface area contributed by atoms with E-state index >= 15 is 0 Å². The number of sulfonamides is 1. The first-order valence-electron chi connectivity index (χ1n) is 5.50. The number of nitrogens with zero attached hydrogens (tertiary/aromatic N) is 2. The quantitative estimate of drug-likeness (QED) is 0.913. The first kappa shape index (κ1) is 12.6. The van der Waals surface area contributed by atoms with Gasteiger partial charge in [0.25, 0.3) is 0 Å². The minimum absolute atomic E-state index is 0.339. The van der Waals surface area contributed by atoms with Crippen LogP contribution in [0.25, 0.3) is 0 Å². The SMILES string of the molecule is Cc1ccccc1Cn1ccc(NS(C)(=O)=O)n1. The number of nitrogens with one attached hydrogen (secondary N) is 1. The van der Waals surface area contributed by atoms with Crippen LogP contribution in [0.15, 0.2) is 36.5 Å². The lowest BCUT2D eigenvalue weighted by Crippen LogP contribution is -2.10. The van der Waals surface area contributed by atoms with Gasteiger partial charge in [-0.3, -0.25) is 9.40 Å². The zero-order chi connectivity index (χ0) is 13.2. The summed E-state index contributed by atoms with van der Waals surface area (Å²) in [5.41, 5.74) is 2.34. The van der Waals surface area contributed by atoms with Gasteiger partial charge in [0.05, 0.1) is 12.8 Å². The van der Waals surface area contributed by atoms with Crippen LogP contribution in [0.2, 0.25) is 0 Å². The molecule has 2 aromatic rings. The van der Waals surface area contributed by atoms with Crippen molar-refractivity contribution in [2.24, 2.45) is 0 Å². The van der Waals surface area contributed by atoms with Gasteiger partial charge >= 0.3 is 0 Å². The fraction of sp³-hybridized carbons (Fsp3) is 0.250. The summed E-state index contributed by atoms with van der Waals surface area (Å²) >= 11 is 0. The van der Waals surface area contributed by atoms with Crippen LogP contribution in [0.4, 0.5) is 5.82 Å². The minimum Gasteiger partial charge on any atom is -0.266 e. The van der Waals surface area contributed by atoms with Gasteiger partial charge in [0.15, 0.2) is 5.82 Å². The van der Waals surface area contributed by atoms with Gasteiger partial charge in [-0.15, -0.1) is 0 Å². The highest BCUT2D eigenvalue weighted by Crippen LogP contribution is 2.10. The largest absolute Gasteiger partial charge is 0.266 e. The normalized spacial score (nSPS) is 11.4. The second kappa shape index (κ2) is 4.81. The predicted molar refractivity (Wildman–Crippen MR) is 71.0 cm³/mol. The first-order chi connectivity index (χ1) is 8.44. The van der Waals surface area contributed by atoms with Crippen LogP contribution in [-0.4, -0.2) is 24.5 Å². The maximum atomic E-state index is 11.1.